The van der Waals surface area contributed by atoms with Crippen LogP contribution in [0.1, 0.15) is 213 Å². The van der Waals surface area contributed by atoms with Crippen molar-refractivity contribution >= 4 is 0 Å². The number of aliphatic hydroxyl groups is 1. The molecule has 47 heavy (non-hydrogen) atoms. The van der Waals surface area contributed by atoms with Gasteiger partial charge in [0.2, 0.25) is 0 Å². The molecule has 1 aliphatic carbocycles. The Morgan fingerprint density at radius 2 is 1.00 bits per heavy atom. The van der Waals surface area contributed by atoms with Crippen molar-refractivity contribution in [3.8, 4) is 0 Å². The molecule has 2 N–H and O–H groups in total. The van der Waals surface area contributed by atoms with Crippen molar-refractivity contribution in [2.24, 2.45) is 0 Å². The number of ether oxygens (including phenoxy) is 2. The third kappa shape index (κ3) is 29.3. The van der Waals surface area contributed by atoms with E-state index in [-0.39, 0.29) is 0 Å². The average Bonchev–Trinajstić information content (AvgIpc) is 3.04. The lowest BCUT2D eigenvalue weighted by molar-refractivity contribution is -0.0970. The lowest BCUT2D eigenvalue weighted by atomic mass is 9.91. The van der Waals surface area contributed by atoms with Crippen LogP contribution in [0.3, 0.4) is 0 Å². The van der Waals surface area contributed by atoms with Crippen molar-refractivity contribution in [3.63, 3.8) is 0 Å². The van der Waals surface area contributed by atoms with E-state index in [9.17, 15) is 5.11 Å². The van der Waals surface area contributed by atoms with Gasteiger partial charge in [-0.1, -0.05) is 181 Å². The molecule has 0 aromatic carbocycles. The summed E-state index contributed by atoms with van der Waals surface area (Å²) >= 11 is 0. The van der Waals surface area contributed by atoms with Gasteiger partial charge in [0.1, 0.15) is 0 Å². The molecule has 5 nitrogen and oxygen atoms in total. The highest BCUT2D eigenvalue weighted by atomic mass is 16.6. The Morgan fingerprint density at radius 3 is 1.45 bits per heavy atom. The molecular formula is C42H86N2O3. The predicted octanol–water partition coefficient (Wildman–Crippen LogP) is 11.7. The third-order valence-electron chi connectivity index (χ3n) is 10.5. The number of aliphatic hydroxyl groups excluding tert-OH is 1. The highest BCUT2D eigenvalue weighted by molar-refractivity contribution is 4.82. The molecule has 5 heteroatoms. The first kappa shape index (κ1) is 44.8. The summed E-state index contributed by atoms with van der Waals surface area (Å²) in [5, 5.41) is 13.8. The van der Waals surface area contributed by atoms with Crippen LogP contribution in [0.5, 0.6) is 0 Å². The van der Waals surface area contributed by atoms with Gasteiger partial charge in [0.05, 0.1) is 6.10 Å². The normalized spacial score (nSPS) is 15.0. The molecule has 0 saturated heterocycles. The van der Waals surface area contributed by atoms with Crippen LogP contribution in [0.4, 0.5) is 0 Å². The Morgan fingerprint density at radius 1 is 0.574 bits per heavy atom. The van der Waals surface area contributed by atoms with Crippen LogP contribution in [-0.2, 0) is 9.47 Å². The third-order valence-corrected chi connectivity index (χ3v) is 10.5. The highest BCUT2D eigenvalue weighted by Gasteiger charge is 2.27. The van der Waals surface area contributed by atoms with Crippen molar-refractivity contribution in [2.75, 3.05) is 39.4 Å². The first-order valence-corrected chi connectivity index (χ1v) is 21.6. The Labute approximate surface area is 295 Å². The van der Waals surface area contributed by atoms with E-state index in [1.807, 2.05) is 0 Å². The second-order valence-electron chi connectivity index (χ2n) is 15.0. The maximum atomic E-state index is 10.3. The smallest absolute Gasteiger partial charge is 0.167 e. The van der Waals surface area contributed by atoms with E-state index in [4.69, 9.17) is 9.47 Å². The summed E-state index contributed by atoms with van der Waals surface area (Å²) in [4.78, 5) is 2.70. The standard InChI is InChI=1S/C42H86N2O3/c1-4-7-10-13-16-17-18-19-20-21-22-23-24-27-33-41(46-36-28-25-14-11-8-5-2)39-44(40-31-30-32-40)35-34-43-38-42(45)47-37-29-26-15-12-9-6-3/h40-43,45H,4-39H2,1-3H3. The Kier molecular flexibility index (Phi) is 34.0. The minimum Gasteiger partial charge on any atom is -0.377 e. The van der Waals surface area contributed by atoms with Crippen LogP contribution in [-0.4, -0.2) is 67.8 Å². The number of hydrogen-bond acceptors (Lipinski definition) is 5. The fourth-order valence-electron chi connectivity index (χ4n) is 6.97. The van der Waals surface area contributed by atoms with Gasteiger partial charge in [-0.3, -0.25) is 4.90 Å². The average molecular weight is 667 g/mol. The van der Waals surface area contributed by atoms with Gasteiger partial charge in [-0.15, -0.1) is 0 Å². The fraction of sp³-hybridized carbons (Fsp3) is 1.00. The highest BCUT2D eigenvalue weighted by Crippen LogP contribution is 2.26. The van der Waals surface area contributed by atoms with Gasteiger partial charge in [0.25, 0.3) is 0 Å². The monoisotopic (exact) mass is 667 g/mol. The maximum absolute atomic E-state index is 10.3. The number of unbranched alkanes of at least 4 members (excludes halogenated alkanes) is 23. The molecule has 0 heterocycles. The van der Waals surface area contributed by atoms with Crippen LogP contribution in [0.25, 0.3) is 0 Å². The summed E-state index contributed by atoms with van der Waals surface area (Å²) in [5.41, 5.74) is 0. The predicted molar refractivity (Wildman–Crippen MR) is 205 cm³/mol. The molecule has 0 bridgehead atoms. The van der Waals surface area contributed by atoms with Gasteiger partial charge in [-0.05, 0) is 32.1 Å². The molecule has 2 atom stereocenters. The van der Waals surface area contributed by atoms with Crippen LogP contribution >= 0.6 is 0 Å². The van der Waals surface area contributed by atoms with E-state index in [1.165, 1.54) is 186 Å². The van der Waals surface area contributed by atoms with Crippen molar-refractivity contribution in [3.05, 3.63) is 0 Å². The first-order valence-electron chi connectivity index (χ1n) is 21.6. The molecule has 1 aliphatic rings. The Bertz CT molecular complexity index is 602. The molecule has 1 rings (SSSR count). The van der Waals surface area contributed by atoms with Gasteiger partial charge in [-0.2, -0.15) is 0 Å². The molecule has 2 unspecified atom stereocenters. The van der Waals surface area contributed by atoms with Crippen LogP contribution in [0.2, 0.25) is 0 Å². The SMILES string of the molecule is CCCCCCCCCCCCCCCCC(CN(CCNCC(O)OCCCCCCCC)C1CCC1)OCCCCCCCC. The van der Waals surface area contributed by atoms with E-state index in [1.54, 1.807) is 0 Å². The van der Waals surface area contributed by atoms with Gasteiger partial charge in [-0.25, -0.2) is 0 Å². The summed E-state index contributed by atoms with van der Waals surface area (Å²) in [7, 11) is 0. The van der Waals surface area contributed by atoms with Crippen LogP contribution in [0, 0.1) is 0 Å². The van der Waals surface area contributed by atoms with E-state index in [2.05, 4.69) is 31.0 Å². The molecule has 0 aliphatic heterocycles. The molecule has 0 radical (unpaired) electrons. The minimum atomic E-state index is -0.698. The zero-order chi connectivity index (χ0) is 33.9. The fourth-order valence-corrected chi connectivity index (χ4v) is 6.97. The Hall–Kier alpha value is -0.200. The first-order chi connectivity index (χ1) is 23.2. The van der Waals surface area contributed by atoms with Gasteiger partial charge < -0.3 is 19.9 Å². The number of nitrogens with zero attached hydrogens (tertiary/aromatic N) is 1. The van der Waals surface area contributed by atoms with E-state index in [0.717, 1.165) is 32.7 Å². The van der Waals surface area contributed by atoms with Gasteiger partial charge in [0.15, 0.2) is 6.29 Å². The largest absolute Gasteiger partial charge is 0.377 e. The van der Waals surface area contributed by atoms with Crippen molar-refractivity contribution in [1.82, 2.24) is 10.2 Å². The molecule has 0 aromatic rings. The van der Waals surface area contributed by atoms with Crippen molar-refractivity contribution < 1.29 is 14.6 Å². The number of rotatable bonds is 39. The minimum absolute atomic E-state index is 0.356. The van der Waals surface area contributed by atoms with Gasteiger partial charge >= 0.3 is 0 Å². The summed E-state index contributed by atoms with van der Waals surface area (Å²) < 4.78 is 12.3. The molecule has 0 aromatic heterocycles. The second kappa shape index (κ2) is 35.6. The molecular weight excluding hydrogens is 580 g/mol. The lowest BCUT2D eigenvalue weighted by Gasteiger charge is -2.39. The topological polar surface area (TPSA) is 54.0 Å². The molecule has 0 amide bonds. The van der Waals surface area contributed by atoms with E-state index >= 15 is 0 Å². The van der Waals surface area contributed by atoms with E-state index in [0.29, 0.717) is 25.3 Å². The summed E-state index contributed by atoms with van der Waals surface area (Å²) in [6, 6.07) is 0.710. The zero-order valence-electron chi connectivity index (χ0n) is 32.4. The van der Waals surface area contributed by atoms with Crippen LogP contribution in [0.15, 0.2) is 0 Å². The van der Waals surface area contributed by atoms with Crippen molar-refractivity contribution in [1.29, 1.82) is 0 Å². The lowest BCUT2D eigenvalue weighted by Crippen LogP contribution is -2.48. The summed E-state index contributed by atoms with van der Waals surface area (Å²) in [6.07, 6.45) is 40.1. The molecule has 282 valence electrons. The van der Waals surface area contributed by atoms with Gasteiger partial charge in [0, 0.05) is 45.4 Å². The second-order valence-corrected chi connectivity index (χ2v) is 15.0. The van der Waals surface area contributed by atoms with Crippen LogP contribution < -0.4 is 5.32 Å². The number of hydrogen-bond donors (Lipinski definition) is 2. The Balaban J connectivity index is 2.31. The maximum Gasteiger partial charge on any atom is 0.167 e. The summed E-state index contributed by atoms with van der Waals surface area (Å²) in [6.45, 7) is 12.0. The quantitative estimate of drug-likeness (QED) is 0.0505. The molecule has 1 saturated carbocycles. The van der Waals surface area contributed by atoms with Crippen molar-refractivity contribution in [2.45, 2.75) is 232 Å². The number of nitrogens with one attached hydrogen (secondary N) is 1. The molecule has 0 spiro atoms. The summed E-state index contributed by atoms with van der Waals surface area (Å²) in [5.74, 6) is 0. The zero-order valence-corrected chi connectivity index (χ0v) is 32.4. The van der Waals surface area contributed by atoms with E-state index < -0.39 is 6.29 Å². The molecule has 1 fully saturated rings.